The molecule has 0 aliphatic heterocycles. The number of nitrogens with zero attached hydrogens (tertiary/aromatic N) is 4. The van der Waals surface area contributed by atoms with Crippen molar-refractivity contribution in [2.45, 2.75) is 6.92 Å². The van der Waals surface area contributed by atoms with Gasteiger partial charge in [-0.25, -0.2) is 9.97 Å². The maximum atomic E-state index is 12.6. The van der Waals surface area contributed by atoms with Crippen molar-refractivity contribution in [2.75, 3.05) is 19.5 Å². The number of aromatic nitrogens is 5. The number of rotatable bonds is 6. The smallest absolute Gasteiger partial charge is 0.273 e. The number of hydrogen-bond acceptors (Lipinski definition) is 6. The van der Waals surface area contributed by atoms with Crippen molar-refractivity contribution in [1.82, 2.24) is 24.7 Å². The topological polar surface area (TPSA) is 107 Å². The molecule has 152 valence electrons. The highest BCUT2D eigenvalue weighted by molar-refractivity contribution is 6.03. The fraction of sp³-hybridized carbons (Fsp3) is 0.143. The van der Waals surface area contributed by atoms with E-state index in [1.54, 1.807) is 56.9 Å². The molecular formula is C21H20N6O3. The number of anilines is 1. The van der Waals surface area contributed by atoms with E-state index in [0.717, 1.165) is 11.6 Å². The Morgan fingerprint density at radius 3 is 2.63 bits per heavy atom. The van der Waals surface area contributed by atoms with Crippen LogP contribution in [-0.4, -0.2) is 44.9 Å². The van der Waals surface area contributed by atoms with E-state index in [2.05, 4.69) is 25.5 Å². The third-order valence-electron chi connectivity index (χ3n) is 4.58. The van der Waals surface area contributed by atoms with Crippen LogP contribution >= 0.6 is 0 Å². The van der Waals surface area contributed by atoms with Crippen molar-refractivity contribution in [2.24, 2.45) is 0 Å². The number of nitrogens with one attached hydrogen (secondary N) is 2. The van der Waals surface area contributed by atoms with Gasteiger partial charge in [0.05, 0.1) is 31.8 Å². The first-order chi connectivity index (χ1) is 14.6. The van der Waals surface area contributed by atoms with Crippen molar-refractivity contribution in [1.29, 1.82) is 0 Å². The Kier molecular flexibility index (Phi) is 5.17. The summed E-state index contributed by atoms with van der Waals surface area (Å²) >= 11 is 0. The maximum Gasteiger partial charge on any atom is 0.273 e. The van der Waals surface area contributed by atoms with Crippen molar-refractivity contribution in [3.63, 3.8) is 0 Å². The quantitative estimate of drug-likeness (QED) is 0.511. The van der Waals surface area contributed by atoms with Crippen LogP contribution in [0.1, 0.15) is 16.3 Å². The number of pyridine rings is 1. The fourth-order valence-corrected chi connectivity index (χ4v) is 3.01. The molecule has 9 heteroatoms. The molecule has 0 saturated carbocycles. The number of hydrogen-bond donors (Lipinski definition) is 2. The summed E-state index contributed by atoms with van der Waals surface area (Å²) in [6.45, 7) is 1.89. The summed E-state index contributed by atoms with van der Waals surface area (Å²) in [5, 5.41) is 9.81. The van der Waals surface area contributed by atoms with Crippen molar-refractivity contribution in [3.05, 3.63) is 66.5 Å². The zero-order valence-electron chi connectivity index (χ0n) is 16.7. The van der Waals surface area contributed by atoms with Crippen molar-refractivity contribution < 1.29 is 14.3 Å². The number of carbonyl (C=O) groups excluding carboxylic acids is 1. The van der Waals surface area contributed by atoms with Gasteiger partial charge in [-0.2, -0.15) is 5.10 Å². The monoisotopic (exact) mass is 404 g/mol. The van der Waals surface area contributed by atoms with E-state index in [-0.39, 0.29) is 5.91 Å². The first-order valence-electron chi connectivity index (χ1n) is 9.14. The molecule has 9 nitrogen and oxygen atoms in total. The van der Waals surface area contributed by atoms with Gasteiger partial charge >= 0.3 is 0 Å². The van der Waals surface area contributed by atoms with Crippen LogP contribution in [0.25, 0.3) is 17.1 Å². The van der Waals surface area contributed by atoms with Crippen LogP contribution in [0.2, 0.25) is 0 Å². The first-order valence-corrected chi connectivity index (χ1v) is 9.14. The third kappa shape index (κ3) is 3.72. The molecule has 0 radical (unpaired) electrons. The van der Waals surface area contributed by atoms with E-state index in [9.17, 15) is 4.79 Å². The van der Waals surface area contributed by atoms with Gasteiger partial charge in [0.1, 0.15) is 28.8 Å². The SMILES string of the molecule is COc1ccc(OC)c(-c2cc(C(=O)Nc3ccc(-n4ccnc4C)nc3)[nH]n2)c1. The molecule has 3 aromatic heterocycles. The summed E-state index contributed by atoms with van der Waals surface area (Å²) in [7, 11) is 3.16. The standard InChI is InChI=1S/C21H20N6O3/c1-13-22-8-9-27(13)20-7-4-14(12-23-20)24-21(28)18-11-17(25-26-18)16-10-15(29-2)5-6-19(16)30-3/h4-12H,1-3H3,(H,24,28)(H,25,26). The van der Waals surface area contributed by atoms with Crippen LogP contribution in [0, 0.1) is 6.92 Å². The molecule has 0 fully saturated rings. The molecule has 1 aromatic carbocycles. The molecular weight excluding hydrogens is 384 g/mol. The first kappa shape index (κ1) is 19.2. The average molecular weight is 404 g/mol. The Bertz CT molecular complexity index is 1180. The normalized spacial score (nSPS) is 10.6. The predicted octanol–water partition coefficient (Wildman–Crippen LogP) is 3.24. The number of carbonyl (C=O) groups is 1. The van der Waals surface area contributed by atoms with E-state index in [0.29, 0.717) is 34.1 Å². The lowest BCUT2D eigenvalue weighted by Gasteiger charge is -2.08. The highest BCUT2D eigenvalue weighted by atomic mass is 16.5. The number of amides is 1. The lowest BCUT2D eigenvalue weighted by atomic mass is 10.1. The number of aromatic amines is 1. The molecule has 0 spiro atoms. The van der Waals surface area contributed by atoms with E-state index < -0.39 is 0 Å². The fourth-order valence-electron chi connectivity index (χ4n) is 3.01. The number of benzene rings is 1. The Hall–Kier alpha value is -4.14. The average Bonchev–Trinajstić information content (AvgIpc) is 3.43. The minimum Gasteiger partial charge on any atom is -0.497 e. The lowest BCUT2D eigenvalue weighted by molar-refractivity contribution is 0.102. The van der Waals surface area contributed by atoms with Crippen LogP contribution in [0.15, 0.2) is 55.0 Å². The minimum atomic E-state index is -0.330. The van der Waals surface area contributed by atoms with Crippen LogP contribution in [-0.2, 0) is 0 Å². The predicted molar refractivity (Wildman–Crippen MR) is 111 cm³/mol. The van der Waals surface area contributed by atoms with Gasteiger partial charge < -0.3 is 14.8 Å². The molecule has 2 N–H and O–H groups in total. The Morgan fingerprint density at radius 1 is 1.10 bits per heavy atom. The summed E-state index contributed by atoms with van der Waals surface area (Å²) in [6.07, 6.45) is 5.13. The summed E-state index contributed by atoms with van der Waals surface area (Å²) in [6, 6.07) is 10.6. The maximum absolute atomic E-state index is 12.6. The second-order valence-corrected chi connectivity index (χ2v) is 6.44. The minimum absolute atomic E-state index is 0.310. The van der Waals surface area contributed by atoms with Gasteiger partial charge in [0.25, 0.3) is 5.91 Å². The third-order valence-corrected chi connectivity index (χ3v) is 4.58. The summed E-state index contributed by atoms with van der Waals surface area (Å²) in [4.78, 5) is 21.2. The molecule has 0 bridgehead atoms. The number of ether oxygens (including phenoxy) is 2. The van der Waals surface area contributed by atoms with E-state index in [1.807, 2.05) is 23.8 Å². The van der Waals surface area contributed by atoms with Crippen LogP contribution < -0.4 is 14.8 Å². The van der Waals surface area contributed by atoms with Crippen molar-refractivity contribution >= 4 is 11.6 Å². The number of imidazole rings is 1. The van der Waals surface area contributed by atoms with Crippen molar-refractivity contribution in [3.8, 4) is 28.6 Å². The van der Waals surface area contributed by atoms with Crippen LogP contribution in [0.5, 0.6) is 11.5 Å². The molecule has 0 unspecified atom stereocenters. The van der Waals surface area contributed by atoms with Gasteiger partial charge in [0, 0.05) is 18.0 Å². The van der Waals surface area contributed by atoms with Gasteiger partial charge in [-0.15, -0.1) is 0 Å². The Labute approximate surface area is 172 Å². The number of methoxy groups -OCH3 is 2. The van der Waals surface area contributed by atoms with Gasteiger partial charge in [0.2, 0.25) is 0 Å². The van der Waals surface area contributed by atoms with E-state index >= 15 is 0 Å². The molecule has 4 rings (SSSR count). The van der Waals surface area contributed by atoms with Crippen LogP contribution in [0.3, 0.4) is 0 Å². The summed E-state index contributed by atoms with van der Waals surface area (Å²) < 4.78 is 12.5. The second-order valence-electron chi connectivity index (χ2n) is 6.44. The zero-order chi connectivity index (χ0) is 21.1. The lowest BCUT2D eigenvalue weighted by Crippen LogP contribution is -2.12. The van der Waals surface area contributed by atoms with Gasteiger partial charge in [-0.3, -0.25) is 14.5 Å². The highest BCUT2D eigenvalue weighted by Gasteiger charge is 2.15. The molecule has 0 saturated heterocycles. The van der Waals surface area contributed by atoms with Gasteiger partial charge in [-0.1, -0.05) is 0 Å². The Balaban J connectivity index is 1.52. The highest BCUT2D eigenvalue weighted by Crippen LogP contribution is 2.32. The van der Waals surface area contributed by atoms with E-state index in [1.165, 1.54) is 0 Å². The van der Waals surface area contributed by atoms with Gasteiger partial charge in [-0.05, 0) is 43.3 Å². The molecule has 0 aliphatic rings. The molecule has 4 aromatic rings. The molecule has 0 aliphatic carbocycles. The molecule has 30 heavy (non-hydrogen) atoms. The van der Waals surface area contributed by atoms with Crippen LogP contribution in [0.4, 0.5) is 5.69 Å². The zero-order valence-corrected chi connectivity index (χ0v) is 16.7. The summed E-state index contributed by atoms with van der Waals surface area (Å²) in [5.41, 5.74) is 2.16. The van der Waals surface area contributed by atoms with E-state index in [4.69, 9.17) is 9.47 Å². The molecule has 1 amide bonds. The largest absolute Gasteiger partial charge is 0.497 e. The number of H-pyrrole nitrogens is 1. The van der Waals surface area contributed by atoms with Gasteiger partial charge in [0.15, 0.2) is 0 Å². The number of aryl methyl sites for hydroxylation is 1. The Morgan fingerprint density at radius 2 is 1.97 bits per heavy atom. The molecule has 0 atom stereocenters. The molecule has 3 heterocycles. The summed E-state index contributed by atoms with van der Waals surface area (Å²) in [5.74, 6) is 2.51. The second kappa shape index (κ2) is 8.08.